The summed E-state index contributed by atoms with van der Waals surface area (Å²) in [7, 11) is 1.65. The van der Waals surface area contributed by atoms with Crippen molar-refractivity contribution in [1.29, 1.82) is 0 Å². The van der Waals surface area contributed by atoms with Crippen molar-refractivity contribution in [1.82, 2.24) is 15.0 Å². The normalized spacial score (nSPS) is 10.4. The van der Waals surface area contributed by atoms with E-state index in [0.29, 0.717) is 18.3 Å². The highest BCUT2D eigenvalue weighted by Gasteiger charge is 2.02. The molecule has 2 aromatic rings. The van der Waals surface area contributed by atoms with E-state index in [1.807, 2.05) is 24.3 Å². The minimum Gasteiger partial charge on any atom is -0.383 e. The molecule has 0 aliphatic rings. The van der Waals surface area contributed by atoms with Crippen LogP contribution in [0.15, 0.2) is 30.6 Å². The second-order valence-corrected chi connectivity index (χ2v) is 3.87. The number of rotatable bonds is 4. The van der Waals surface area contributed by atoms with Crippen LogP contribution in [0.25, 0.3) is 11.0 Å². The number of nitrogens with zero attached hydrogens (tertiary/aromatic N) is 2. The number of para-hydroxylation sites is 2. The molecule has 1 aromatic carbocycles. The van der Waals surface area contributed by atoms with Gasteiger partial charge in [0, 0.05) is 13.7 Å². The summed E-state index contributed by atoms with van der Waals surface area (Å²) in [5, 5.41) is 3.58. The number of benzene rings is 1. The number of ether oxygens (including phenoxy) is 1. The van der Waals surface area contributed by atoms with Crippen molar-refractivity contribution in [2.75, 3.05) is 25.7 Å². The summed E-state index contributed by atoms with van der Waals surface area (Å²) < 4.78 is 6.72. The van der Waals surface area contributed by atoms with Crippen LogP contribution >= 0.6 is 12.2 Å². The third-order valence-corrected chi connectivity index (χ3v) is 2.50. The van der Waals surface area contributed by atoms with Crippen molar-refractivity contribution < 1.29 is 4.74 Å². The maximum atomic E-state index is 5.15. The van der Waals surface area contributed by atoms with E-state index < -0.39 is 0 Å². The van der Waals surface area contributed by atoms with Gasteiger partial charge in [0.15, 0.2) is 5.11 Å². The van der Waals surface area contributed by atoms with Crippen LogP contribution in [0.2, 0.25) is 0 Å². The number of fused-ring (bicyclic) bond motifs is 1. The summed E-state index contributed by atoms with van der Waals surface area (Å²) >= 11 is 5.15. The molecular formula is C11H14N4OS. The third-order valence-electron chi connectivity index (χ3n) is 2.27. The predicted molar refractivity (Wildman–Crippen MR) is 71.6 cm³/mol. The molecule has 0 radical (unpaired) electrons. The summed E-state index contributed by atoms with van der Waals surface area (Å²) in [6, 6.07) is 7.85. The lowest BCUT2D eigenvalue weighted by Crippen LogP contribution is -2.35. The van der Waals surface area contributed by atoms with Crippen LogP contribution in [0.1, 0.15) is 0 Å². The first kappa shape index (κ1) is 11.8. The smallest absolute Gasteiger partial charge is 0.185 e. The van der Waals surface area contributed by atoms with Crippen LogP contribution in [-0.4, -0.2) is 35.0 Å². The minimum absolute atomic E-state index is 0.546. The summed E-state index contributed by atoms with van der Waals surface area (Å²) in [6.45, 7) is 1.29. The van der Waals surface area contributed by atoms with Crippen molar-refractivity contribution in [3.63, 3.8) is 0 Å². The first-order chi connectivity index (χ1) is 8.31. The summed E-state index contributed by atoms with van der Waals surface area (Å²) in [5.74, 6) is 0. The van der Waals surface area contributed by atoms with Crippen molar-refractivity contribution in [3.05, 3.63) is 30.6 Å². The van der Waals surface area contributed by atoms with Gasteiger partial charge < -0.3 is 10.1 Å². The van der Waals surface area contributed by atoms with Crippen LogP contribution in [-0.2, 0) is 4.74 Å². The number of imidazole rings is 1. The molecule has 0 atom stereocenters. The molecule has 1 aromatic heterocycles. The van der Waals surface area contributed by atoms with E-state index in [4.69, 9.17) is 17.0 Å². The lowest BCUT2D eigenvalue weighted by molar-refractivity contribution is 0.204. The fourth-order valence-corrected chi connectivity index (χ4v) is 1.66. The Kier molecular flexibility index (Phi) is 3.89. The average Bonchev–Trinajstić information content (AvgIpc) is 2.73. The van der Waals surface area contributed by atoms with Crippen LogP contribution in [0, 0.1) is 0 Å². The Bertz CT molecular complexity index is 511. The Balaban J connectivity index is 2.01. The van der Waals surface area contributed by atoms with Gasteiger partial charge in [-0.05, 0) is 24.4 Å². The molecule has 0 spiro atoms. The van der Waals surface area contributed by atoms with Gasteiger partial charge in [0.25, 0.3) is 0 Å². The minimum atomic E-state index is 0.546. The average molecular weight is 250 g/mol. The standard InChI is InChI=1S/C11H14N4OS/c1-16-7-6-12-11(17)14-15-8-13-9-4-2-3-5-10(9)15/h2-5,8H,6-7H2,1H3,(H2,12,14,17). The molecular weight excluding hydrogens is 236 g/mol. The summed E-state index contributed by atoms with van der Waals surface area (Å²) in [5.41, 5.74) is 4.96. The number of thiocarbonyl (C=S) groups is 1. The first-order valence-electron chi connectivity index (χ1n) is 5.27. The molecule has 5 nitrogen and oxygen atoms in total. The Hall–Kier alpha value is -1.66. The Morgan fingerprint density at radius 1 is 1.47 bits per heavy atom. The molecule has 0 amide bonds. The van der Waals surface area contributed by atoms with Crippen molar-refractivity contribution in [3.8, 4) is 0 Å². The number of hydrogen-bond acceptors (Lipinski definition) is 3. The number of methoxy groups -OCH3 is 1. The number of hydrogen-bond donors (Lipinski definition) is 2. The van der Waals surface area contributed by atoms with Crippen LogP contribution in [0.3, 0.4) is 0 Å². The van der Waals surface area contributed by atoms with E-state index in [0.717, 1.165) is 11.0 Å². The van der Waals surface area contributed by atoms with Crippen LogP contribution < -0.4 is 10.7 Å². The zero-order valence-corrected chi connectivity index (χ0v) is 10.3. The van der Waals surface area contributed by atoms with Gasteiger partial charge in [-0.3, -0.25) is 5.43 Å². The fourth-order valence-electron chi connectivity index (χ4n) is 1.46. The molecule has 6 heteroatoms. The topological polar surface area (TPSA) is 51.1 Å². The SMILES string of the molecule is COCCNC(=S)Nn1cnc2ccccc21. The molecule has 1 heterocycles. The highest BCUT2D eigenvalue weighted by molar-refractivity contribution is 7.80. The zero-order valence-electron chi connectivity index (χ0n) is 9.51. The molecule has 17 heavy (non-hydrogen) atoms. The highest BCUT2D eigenvalue weighted by Crippen LogP contribution is 2.09. The maximum Gasteiger partial charge on any atom is 0.185 e. The second-order valence-electron chi connectivity index (χ2n) is 3.46. The largest absolute Gasteiger partial charge is 0.383 e. The van der Waals surface area contributed by atoms with Crippen molar-refractivity contribution in [2.24, 2.45) is 0 Å². The lowest BCUT2D eigenvalue weighted by Gasteiger charge is -2.11. The van der Waals surface area contributed by atoms with E-state index in [1.165, 1.54) is 0 Å². The van der Waals surface area contributed by atoms with Gasteiger partial charge in [-0.25, -0.2) is 9.66 Å². The van der Waals surface area contributed by atoms with Gasteiger partial charge >= 0.3 is 0 Å². The van der Waals surface area contributed by atoms with Gasteiger partial charge in [-0.1, -0.05) is 12.1 Å². The van der Waals surface area contributed by atoms with E-state index in [9.17, 15) is 0 Å². The Morgan fingerprint density at radius 3 is 3.12 bits per heavy atom. The predicted octanol–water partition coefficient (Wildman–Crippen LogP) is 1.10. The monoisotopic (exact) mass is 250 g/mol. The van der Waals surface area contributed by atoms with Crippen LogP contribution in [0.4, 0.5) is 0 Å². The quantitative estimate of drug-likeness (QED) is 0.628. The zero-order chi connectivity index (χ0) is 12.1. The Labute approximate surface area is 105 Å². The molecule has 2 N–H and O–H groups in total. The molecule has 0 bridgehead atoms. The molecule has 2 rings (SSSR count). The van der Waals surface area contributed by atoms with Gasteiger partial charge in [0.1, 0.15) is 6.33 Å². The molecule has 0 aliphatic heterocycles. The summed E-state index contributed by atoms with van der Waals surface area (Å²) in [6.07, 6.45) is 1.70. The molecule has 0 aliphatic carbocycles. The van der Waals surface area contributed by atoms with E-state index in [2.05, 4.69) is 15.7 Å². The van der Waals surface area contributed by atoms with Gasteiger partial charge in [0.05, 0.1) is 17.6 Å². The number of aromatic nitrogens is 2. The number of nitrogens with one attached hydrogen (secondary N) is 2. The van der Waals surface area contributed by atoms with E-state index in [1.54, 1.807) is 18.1 Å². The first-order valence-corrected chi connectivity index (χ1v) is 5.68. The molecule has 0 unspecified atom stereocenters. The van der Waals surface area contributed by atoms with Crippen molar-refractivity contribution >= 4 is 28.4 Å². The summed E-state index contributed by atoms with van der Waals surface area (Å²) in [4.78, 5) is 4.26. The van der Waals surface area contributed by atoms with E-state index >= 15 is 0 Å². The highest BCUT2D eigenvalue weighted by atomic mass is 32.1. The van der Waals surface area contributed by atoms with Crippen LogP contribution in [0.5, 0.6) is 0 Å². The lowest BCUT2D eigenvalue weighted by atomic mass is 10.3. The molecule has 0 fully saturated rings. The Morgan fingerprint density at radius 2 is 2.29 bits per heavy atom. The molecule has 0 saturated heterocycles. The van der Waals surface area contributed by atoms with Gasteiger partial charge in [0.2, 0.25) is 0 Å². The van der Waals surface area contributed by atoms with Gasteiger partial charge in [-0.15, -0.1) is 0 Å². The molecule has 0 saturated carbocycles. The third kappa shape index (κ3) is 2.92. The maximum absolute atomic E-state index is 5.15. The van der Waals surface area contributed by atoms with Crippen molar-refractivity contribution in [2.45, 2.75) is 0 Å². The second kappa shape index (κ2) is 5.60. The fraction of sp³-hybridized carbons (Fsp3) is 0.273. The van der Waals surface area contributed by atoms with E-state index in [-0.39, 0.29) is 0 Å². The molecule has 90 valence electrons. The van der Waals surface area contributed by atoms with Gasteiger partial charge in [-0.2, -0.15) is 0 Å².